The number of aliphatic imine (C=N–C) groups is 1. The van der Waals surface area contributed by atoms with Gasteiger partial charge in [-0.1, -0.05) is 0 Å². The number of anilines is 1. The number of hydrogen-bond acceptors (Lipinski definition) is 8. The van der Waals surface area contributed by atoms with E-state index in [0.717, 1.165) is 54.6 Å². The van der Waals surface area contributed by atoms with Crippen LogP contribution < -0.4 is 9.64 Å². The number of rotatable bonds is 6. The zero-order chi connectivity index (χ0) is 27.7. The van der Waals surface area contributed by atoms with Crippen molar-refractivity contribution in [2.24, 2.45) is 4.99 Å². The molecule has 0 saturated carbocycles. The van der Waals surface area contributed by atoms with E-state index in [2.05, 4.69) is 4.90 Å². The number of methoxy groups -OCH3 is 1. The molecule has 0 radical (unpaired) electrons. The maximum absolute atomic E-state index is 13.1. The smallest absolute Gasteiger partial charge is 0.273 e. The van der Waals surface area contributed by atoms with Gasteiger partial charge in [-0.2, -0.15) is 0 Å². The van der Waals surface area contributed by atoms with Gasteiger partial charge in [0.15, 0.2) is 5.17 Å². The molecule has 0 unspecified atom stereocenters. The Balaban J connectivity index is 1.40. The number of carbonyl (C=O) groups excluding carboxylic acids is 1. The third-order valence-electron chi connectivity index (χ3n) is 6.83. The van der Waals surface area contributed by atoms with E-state index in [1.165, 1.54) is 31.0 Å². The zero-order valence-electron chi connectivity index (χ0n) is 22.2. The van der Waals surface area contributed by atoms with Gasteiger partial charge in [-0.3, -0.25) is 19.8 Å². The number of aryl methyl sites for hydroxylation is 1. The molecule has 0 aliphatic carbocycles. The van der Waals surface area contributed by atoms with E-state index in [9.17, 15) is 14.9 Å². The lowest BCUT2D eigenvalue weighted by atomic mass is 10.2. The number of amidine groups is 1. The normalized spacial score (nSPS) is 17.9. The number of ether oxygens (including phenoxy) is 2. The van der Waals surface area contributed by atoms with Crippen LogP contribution in [0.25, 0.3) is 11.8 Å². The Labute approximate surface area is 230 Å². The Kier molecular flexibility index (Phi) is 7.45. The zero-order valence-corrected chi connectivity index (χ0v) is 23.0. The Morgan fingerprint density at radius 3 is 2.49 bits per heavy atom. The first kappa shape index (κ1) is 26.5. The van der Waals surface area contributed by atoms with Crippen LogP contribution in [0.1, 0.15) is 17.0 Å². The molecule has 39 heavy (non-hydrogen) atoms. The number of likely N-dealkylation sites (N-methyl/N-ethyl adjacent to an activating group) is 1. The molecule has 1 aromatic heterocycles. The lowest BCUT2D eigenvalue weighted by molar-refractivity contribution is -0.384. The van der Waals surface area contributed by atoms with Gasteiger partial charge >= 0.3 is 0 Å². The van der Waals surface area contributed by atoms with E-state index in [1.807, 2.05) is 54.8 Å². The van der Waals surface area contributed by atoms with E-state index < -0.39 is 4.92 Å². The summed E-state index contributed by atoms with van der Waals surface area (Å²) in [4.78, 5) is 33.0. The van der Waals surface area contributed by atoms with E-state index in [1.54, 1.807) is 18.0 Å². The van der Waals surface area contributed by atoms with Crippen molar-refractivity contribution in [1.82, 2.24) is 9.47 Å². The van der Waals surface area contributed by atoms with Crippen LogP contribution in [0.3, 0.4) is 0 Å². The molecule has 0 atom stereocenters. The minimum Gasteiger partial charge on any atom is -0.494 e. The highest BCUT2D eigenvalue weighted by Crippen LogP contribution is 2.36. The van der Waals surface area contributed by atoms with Gasteiger partial charge in [-0.25, -0.2) is 4.99 Å². The molecule has 10 nitrogen and oxygen atoms in total. The Morgan fingerprint density at radius 2 is 1.82 bits per heavy atom. The van der Waals surface area contributed by atoms with Crippen LogP contribution in [0.5, 0.6) is 5.75 Å². The maximum Gasteiger partial charge on any atom is 0.273 e. The highest BCUT2D eigenvalue weighted by Gasteiger charge is 2.31. The van der Waals surface area contributed by atoms with Crippen LogP contribution in [0, 0.1) is 24.0 Å². The lowest BCUT2D eigenvalue weighted by Gasteiger charge is -2.28. The van der Waals surface area contributed by atoms with Crippen molar-refractivity contribution in [2.75, 3.05) is 45.4 Å². The van der Waals surface area contributed by atoms with Crippen molar-refractivity contribution in [3.05, 3.63) is 80.5 Å². The molecular weight excluding hydrogens is 518 g/mol. The van der Waals surface area contributed by atoms with Crippen LogP contribution in [0.15, 0.2) is 58.4 Å². The summed E-state index contributed by atoms with van der Waals surface area (Å²) in [6, 6.07) is 14.5. The van der Waals surface area contributed by atoms with Crippen LogP contribution in [0.2, 0.25) is 0 Å². The molecule has 2 aliphatic rings. The van der Waals surface area contributed by atoms with Gasteiger partial charge < -0.3 is 18.9 Å². The Morgan fingerprint density at radius 1 is 1.10 bits per heavy atom. The number of carbonyl (C=O) groups is 1. The summed E-state index contributed by atoms with van der Waals surface area (Å²) in [5.41, 5.74) is 5.21. The third kappa shape index (κ3) is 5.27. The summed E-state index contributed by atoms with van der Waals surface area (Å²) in [7, 11) is 3.21. The highest BCUT2D eigenvalue weighted by atomic mass is 32.2. The summed E-state index contributed by atoms with van der Waals surface area (Å²) in [5.74, 6) is 0.270. The maximum atomic E-state index is 13.1. The van der Waals surface area contributed by atoms with E-state index in [0.29, 0.717) is 21.5 Å². The molecule has 11 heteroatoms. The van der Waals surface area contributed by atoms with Gasteiger partial charge in [0.25, 0.3) is 11.6 Å². The van der Waals surface area contributed by atoms with Crippen molar-refractivity contribution < 1.29 is 19.2 Å². The van der Waals surface area contributed by atoms with Crippen LogP contribution >= 0.6 is 11.8 Å². The average molecular weight is 548 g/mol. The molecule has 3 aromatic rings. The molecule has 2 aliphatic heterocycles. The summed E-state index contributed by atoms with van der Waals surface area (Å²) < 4.78 is 12.9. The molecule has 0 bridgehead atoms. The number of nitro groups is 1. The largest absolute Gasteiger partial charge is 0.494 e. The predicted octanol–water partition coefficient (Wildman–Crippen LogP) is 5.08. The molecule has 3 heterocycles. The molecule has 0 spiro atoms. The fourth-order valence-corrected chi connectivity index (χ4v) is 5.71. The number of thioether (sulfide) groups is 1. The second kappa shape index (κ2) is 11.0. The second-order valence-corrected chi connectivity index (χ2v) is 10.3. The van der Waals surface area contributed by atoms with Gasteiger partial charge in [-0.15, -0.1) is 0 Å². The van der Waals surface area contributed by atoms with E-state index in [-0.39, 0.29) is 11.6 Å². The van der Waals surface area contributed by atoms with Gasteiger partial charge in [0, 0.05) is 43.3 Å². The minimum atomic E-state index is -0.450. The van der Waals surface area contributed by atoms with E-state index >= 15 is 0 Å². The third-order valence-corrected chi connectivity index (χ3v) is 7.89. The van der Waals surface area contributed by atoms with Crippen molar-refractivity contribution in [1.29, 1.82) is 0 Å². The Bertz CT molecular complexity index is 1490. The van der Waals surface area contributed by atoms with Gasteiger partial charge in [0.1, 0.15) is 5.75 Å². The number of aromatic nitrogens is 1. The number of nitro benzene ring substituents is 1. The number of hydrogen-bond donors (Lipinski definition) is 0. The van der Waals surface area contributed by atoms with Crippen molar-refractivity contribution in [3.63, 3.8) is 0 Å². The first-order valence-electron chi connectivity index (χ1n) is 12.5. The molecule has 5 rings (SSSR count). The average Bonchev–Trinajstić information content (AvgIpc) is 3.37. The molecule has 0 N–H and O–H groups in total. The topological polar surface area (TPSA) is 102 Å². The second-order valence-electron chi connectivity index (χ2n) is 9.26. The molecule has 1 amide bonds. The molecule has 2 aromatic carbocycles. The van der Waals surface area contributed by atoms with Crippen molar-refractivity contribution >= 4 is 46.0 Å². The van der Waals surface area contributed by atoms with Crippen LogP contribution in [0.4, 0.5) is 17.1 Å². The SMILES string of the molecule is COc1cc([N+](=O)[O-])ccc1-n1c(C)cc(/C=C2\SC(=Nc3ccc(N4CCOCC4)cc3)N(C)C2=O)c1C. The summed E-state index contributed by atoms with van der Waals surface area (Å²) >= 11 is 1.33. The standard InChI is InChI=1S/C28H29N5O5S/c1-18-15-20(19(2)32(18)24-10-9-23(33(35)36)17-25(24)37-4)16-26-27(34)30(3)28(39-26)29-21-5-7-22(8-6-21)31-11-13-38-14-12-31/h5-10,15-17H,11-14H2,1-4H3/b26-16-,29-28?. The predicted molar refractivity (Wildman–Crippen MR) is 153 cm³/mol. The van der Waals surface area contributed by atoms with Crippen LogP contribution in [-0.4, -0.2) is 65.9 Å². The number of benzene rings is 2. The summed E-state index contributed by atoms with van der Waals surface area (Å²) in [6.45, 7) is 7.08. The van der Waals surface area contributed by atoms with E-state index in [4.69, 9.17) is 14.5 Å². The number of morpholine rings is 1. The quantitative estimate of drug-likeness (QED) is 0.241. The van der Waals surface area contributed by atoms with Gasteiger partial charge in [0.2, 0.25) is 0 Å². The molecular formula is C28H29N5O5S. The molecule has 2 saturated heterocycles. The molecule has 2 fully saturated rings. The Hall–Kier alpha value is -4.09. The van der Waals surface area contributed by atoms with Gasteiger partial charge in [-0.05, 0) is 73.6 Å². The highest BCUT2D eigenvalue weighted by molar-refractivity contribution is 8.18. The first-order chi connectivity index (χ1) is 18.8. The summed E-state index contributed by atoms with van der Waals surface area (Å²) in [6.07, 6.45) is 1.87. The number of amides is 1. The van der Waals surface area contributed by atoms with Crippen molar-refractivity contribution in [2.45, 2.75) is 13.8 Å². The molecule has 202 valence electrons. The van der Waals surface area contributed by atoms with Crippen molar-refractivity contribution in [3.8, 4) is 11.4 Å². The van der Waals surface area contributed by atoms with Gasteiger partial charge in [0.05, 0.1) is 47.6 Å². The monoisotopic (exact) mass is 547 g/mol. The van der Waals surface area contributed by atoms with Crippen LogP contribution in [-0.2, 0) is 9.53 Å². The number of non-ortho nitro benzene ring substituents is 1. The fourth-order valence-electron chi connectivity index (χ4n) is 4.73. The number of nitrogens with zero attached hydrogens (tertiary/aromatic N) is 5. The first-order valence-corrected chi connectivity index (χ1v) is 13.3. The fraction of sp³-hybridized carbons (Fsp3) is 0.286. The summed E-state index contributed by atoms with van der Waals surface area (Å²) in [5, 5.41) is 11.8. The lowest BCUT2D eigenvalue weighted by Crippen LogP contribution is -2.36. The minimum absolute atomic E-state index is 0.0426.